The Bertz CT molecular complexity index is 473. The summed E-state index contributed by atoms with van der Waals surface area (Å²) in [5, 5.41) is 0. The Kier molecular flexibility index (Phi) is 3.56. The maximum atomic E-state index is 11.4. The summed E-state index contributed by atoms with van der Waals surface area (Å²) in [6.07, 6.45) is 3.33. The summed E-state index contributed by atoms with van der Waals surface area (Å²) in [5.74, 6) is 0. The van der Waals surface area contributed by atoms with Gasteiger partial charge >= 0.3 is 0 Å². The van der Waals surface area contributed by atoms with Gasteiger partial charge in [-0.1, -0.05) is 0 Å². The first-order valence-corrected chi connectivity index (χ1v) is 7.70. The summed E-state index contributed by atoms with van der Waals surface area (Å²) < 4.78 is 26.4. The quantitative estimate of drug-likeness (QED) is 0.731. The van der Waals surface area contributed by atoms with Crippen LogP contribution in [0.3, 0.4) is 0 Å². The lowest BCUT2D eigenvalue weighted by Gasteiger charge is -2.30. The molecule has 1 aliphatic heterocycles. The second kappa shape index (κ2) is 4.80. The van der Waals surface area contributed by atoms with Crippen molar-refractivity contribution in [3.63, 3.8) is 0 Å². The molecule has 1 fully saturated rings. The van der Waals surface area contributed by atoms with Gasteiger partial charge in [0.15, 0.2) is 0 Å². The third-order valence-electron chi connectivity index (χ3n) is 3.38. The van der Waals surface area contributed by atoms with Crippen molar-refractivity contribution in [2.75, 3.05) is 32.4 Å². The average Bonchev–Trinajstić information content (AvgIpc) is 2.64. The van der Waals surface area contributed by atoms with Crippen molar-refractivity contribution < 1.29 is 13.3 Å². The predicted molar refractivity (Wildman–Crippen MR) is 66.2 cm³/mol. The van der Waals surface area contributed by atoms with Gasteiger partial charge in [-0.15, -0.1) is 0 Å². The molecule has 1 N–H and O–H groups in total. The maximum Gasteiger partial charge on any atom is 0.211 e. The van der Waals surface area contributed by atoms with E-state index in [2.05, 4.69) is 10.6 Å². The Morgan fingerprint density at radius 2 is 2.00 bits per heavy atom. The standard InChI is InChI=1S/C11H19N3O2S/c1-12-5-3-4-11(12)10-13-6-8-14(9-7-13)17(2,15)16/h3-5H,6-10H2,1-2H3/p+1. The van der Waals surface area contributed by atoms with E-state index < -0.39 is 10.0 Å². The molecule has 17 heavy (non-hydrogen) atoms. The number of piperazine rings is 1. The summed E-state index contributed by atoms with van der Waals surface area (Å²) in [6.45, 7) is 4.02. The van der Waals surface area contributed by atoms with Gasteiger partial charge in [0.1, 0.15) is 6.54 Å². The van der Waals surface area contributed by atoms with Crippen molar-refractivity contribution in [3.8, 4) is 0 Å². The maximum absolute atomic E-state index is 11.4. The molecule has 0 radical (unpaired) electrons. The van der Waals surface area contributed by atoms with Crippen molar-refractivity contribution in [1.82, 2.24) is 8.87 Å². The Hall–Kier alpha value is -0.850. The van der Waals surface area contributed by atoms with Gasteiger partial charge in [0.2, 0.25) is 10.0 Å². The van der Waals surface area contributed by atoms with Gasteiger partial charge in [0, 0.05) is 13.2 Å². The normalized spacial score (nSPS) is 19.6. The molecule has 5 nitrogen and oxygen atoms in total. The Morgan fingerprint density at radius 3 is 2.47 bits per heavy atom. The van der Waals surface area contributed by atoms with Gasteiger partial charge in [-0.2, -0.15) is 4.31 Å². The van der Waals surface area contributed by atoms with E-state index in [9.17, 15) is 8.42 Å². The number of sulfonamides is 1. The third-order valence-corrected chi connectivity index (χ3v) is 4.68. The molecule has 0 aliphatic carbocycles. The molecule has 0 unspecified atom stereocenters. The van der Waals surface area contributed by atoms with Crippen LogP contribution >= 0.6 is 0 Å². The highest BCUT2D eigenvalue weighted by molar-refractivity contribution is 7.88. The van der Waals surface area contributed by atoms with Crippen molar-refractivity contribution in [2.45, 2.75) is 6.54 Å². The molecule has 1 aromatic rings. The first-order chi connectivity index (χ1) is 7.97. The molecule has 0 amide bonds. The van der Waals surface area contributed by atoms with Gasteiger partial charge in [-0.05, 0) is 12.1 Å². The van der Waals surface area contributed by atoms with E-state index in [-0.39, 0.29) is 0 Å². The predicted octanol–water partition coefficient (Wildman–Crippen LogP) is -1.31. The van der Waals surface area contributed by atoms with Crippen LogP contribution in [0.2, 0.25) is 0 Å². The van der Waals surface area contributed by atoms with E-state index in [0.29, 0.717) is 13.1 Å². The van der Waals surface area contributed by atoms with Gasteiger partial charge in [0.05, 0.1) is 38.1 Å². The van der Waals surface area contributed by atoms with Crippen LogP contribution in [0, 0.1) is 0 Å². The number of hydrogen-bond donors (Lipinski definition) is 1. The zero-order chi connectivity index (χ0) is 12.5. The van der Waals surface area contributed by atoms with Crippen LogP contribution in [0.1, 0.15) is 5.69 Å². The number of aromatic nitrogens is 1. The molecule has 0 atom stereocenters. The zero-order valence-electron chi connectivity index (χ0n) is 10.4. The van der Waals surface area contributed by atoms with Crippen molar-refractivity contribution >= 4 is 10.0 Å². The fourth-order valence-corrected chi connectivity index (χ4v) is 3.09. The molecule has 0 saturated carbocycles. The molecule has 0 aromatic carbocycles. The van der Waals surface area contributed by atoms with E-state index in [4.69, 9.17) is 0 Å². The Morgan fingerprint density at radius 1 is 1.35 bits per heavy atom. The van der Waals surface area contributed by atoms with E-state index in [1.807, 2.05) is 19.3 Å². The molecular weight excluding hydrogens is 238 g/mol. The summed E-state index contributed by atoms with van der Waals surface area (Å²) in [6, 6.07) is 4.16. The van der Waals surface area contributed by atoms with Crippen molar-refractivity contribution in [2.24, 2.45) is 7.05 Å². The average molecular weight is 258 g/mol. The van der Waals surface area contributed by atoms with Crippen LogP contribution in [0.4, 0.5) is 0 Å². The fraction of sp³-hybridized carbons (Fsp3) is 0.636. The van der Waals surface area contributed by atoms with Crippen molar-refractivity contribution in [1.29, 1.82) is 0 Å². The number of nitrogens with one attached hydrogen (secondary N) is 1. The minimum absolute atomic E-state index is 0.637. The zero-order valence-corrected chi connectivity index (χ0v) is 11.2. The molecule has 96 valence electrons. The molecule has 1 saturated heterocycles. The topological polar surface area (TPSA) is 46.8 Å². The second-order valence-corrected chi connectivity index (χ2v) is 6.68. The molecule has 6 heteroatoms. The van der Waals surface area contributed by atoms with Gasteiger partial charge < -0.3 is 9.47 Å². The number of quaternary nitrogens is 1. The van der Waals surface area contributed by atoms with Crippen LogP contribution in [0.15, 0.2) is 18.3 Å². The van der Waals surface area contributed by atoms with Gasteiger partial charge in [0.25, 0.3) is 0 Å². The molecule has 2 heterocycles. The number of hydrogen-bond acceptors (Lipinski definition) is 2. The van der Waals surface area contributed by atoms with Crippen LogP contribution in [0.5, 0.6) is 0 Å². The number of nitrogens with zero attached hydrogens (tertiary/aromatic N) is 2. The van der Waals surface area contributed by atoms with E-state index in [1.165, 1.54) is 16.8 Å². The largest absolute Gasteiger partial charge is 0.350 e. The molecule has 1 aliphatic rings. The molecule has 1 aromatic heterocycles. The van der Waals surface area contributed by atoms with Crippen LogP contribution in [0.25, 0.3) is 0 Å². The van der Waals surface area contributed by atoms with Gasteiger partial charge in [-0.3, -0.25) is 0 Å². The minimum atomic E-state index is -3.00. The Balaban J connectivity index is 1.90. The third kappa shape index (κ3) is 3.08. The highest BCUT2D eigenvalue weighted by Crippen LogP contribution is 2.00. The van der Waals surface area contributed by atoms with Crippen LogP contribution in [-0.2, 0) is 23.6 Å². The lowest BCUT2D eigenvalue weighted by molar-refractivity contribution is -0.917. The molecule has 0 spiro atoms. The monoisotopic (exact) mass is 258 g/mol. The van der Waals surface area contributed by atoms with E-state index in [0.717, 1.165) is 19.6 Å². The fourth-order valence-electron chi connectivity index (χ4n) is 2.25. The highest BCUT2D eigenvalue weighted by Gasteiger charge is 2.26. The molecular formula is C11H20N3O2S+. The van der Waals surface area contributed by atoms with E-state index >= 15 is 0 Å². The Labute approximate surface area is 103 Å². The number of aryl methyl sites for hydroxylation is 1. The van der Waals surface area contributed by atoms with Crippen LogP contribution < -0.4 is 4.90 Å². The first kappa shape index (κ1) is 12.6. The molecule has 0 bridgehead atoms. The van der Waals surface area contributed by atoms with Crippen LogP contribution in [-0.4, -0.2) is 49.7 Å². The van der Waals surface area contributed by atoms with Gasteiger partial charge in [-0.25, -0.2) is 8.42 Å². The first-order valence-electron chi connectivity index (χ1n) is 5.86. The smallest absolute Gasteiger partial charge is 0.211 e. The van der Waals surface area contributed by atoms with Crippen molar-refractivity contribution in [3.05, 3.63) is 24.0 Å². The summed E-state index contributed by atoms with van der Waals surface area (Å²) in [5.41, 5.74) is 1.30. The lowest BCUT2D eigenvalue weighted by Crippen LogP contribution is -3.13. The molecule has 2 rings (SSSR count). The van der Waals surface area contributed by atoms with E-state index in [1.54, 1.807) is 4.31 Å². The summed E-state index contributed by atoms with van der Waals surface area (Å²) in [4.78, 5) is 1.45. The number of rotatable bonds is 3. The summed E-state index contributed by atoms with van der Waals surface area (Å²) >= 11 is 0. The minimum Gasteiger partial charge on any atom is -0.350 e. The lowest BCUT2D eigenvalue weighted by atomic mass is 10.3. The highest BCUT2D eigenvalue weighted by atomic mass is 32.2. The second-order valence-electron chi connectivity index (χ2n) is 4.70. The summed E-state index contributed by atoms with van der Waals surface area (Å²) in [7, 11) is -0.962. The SMILES string of the molecule is Cn1cccc1C[NH+]1CCN(S(C)(=O)=O)CC1.